The molecule has 0 spiro atoms. The highest BCUT2D eigenvalue weighted by Crippen LogP contribution is 2.06. The Bertz CT molecular complexity index is 1070. The van der Waals surface area contributed by atoms with Crippen LogP contribution < -0.4 is 16.6 Å². The van der Waals surface area contributed by atoms with E-state index in [1.54, 1.807) is 11.6 Å². The summed E-state index contributed by atoms with van der Waals surface area (Å²) in [7, 11) is 3.20. The van der Waals surface area contributed by atoms with Crippen LogP contribution in [0.4, 0.5) is 0 Å². The number of carbonyl (C=O) groups excluding carboxylic acids is 1. The Morgan fingerprint density at radius 1 is 1.20 bits per heavy atom. The first-order chi connectivity index (χ1) is 11.9. The van der Waals surface area contributed by atoms with Crippen LogP contribution in [0.3, 0.4) is 0 Å². The highest BCUT2D eigenvalue weighted by molar-refractivity contribution is 5.76. The molecule has 8 heteroatoms. The maximum Gasteiger partial charge on any atom is 0.332 e. The standard InChI is InChI=1S/C17H19N5O3/c1-11-6-4-5-7-12(11)8-18-13(23)9-22-16(24)14-15(19-10-20(14)2)21(3)17(22)25/h4-7,10H,8-9H2,1-3H3,(H,18,23). The van der Waals surface area contributed by atoms with E-state index >= 15 is 0 Å². The van der Waals surface area contributed by atoms with E-state index < -0.39 is 17.2 Å². The van der Waals surface area contributed by atoms with Crippen LogP contribution in [0.25, 0.3) is 11.2 Å². The molecule has 0 unspecified atom stereocenters. The number of nitrogens with zero attached hydrogens (tertiary/aromatic N) is 4. The summed E-state index contributed by atoms with van der Waals surface area (Å²) >= 11 is 0. The molecule has 3 aromatic rings. The van der Waals surface area contributed by atoms with E-state index in [1.165, 1.54) is 17.9 Å². The van der Waals surface area contributed by atoms with Gasteiger partial charge < -0.3 is 9.88 Å². The molecule has 2 aromatic heterocycles. The average molecular weight is 341 g/mol. The Kier molecular flexibility index (Phi) is 4.26. The minimum atomic E-state index is -0.567. The molecule has 0 bridgehead atoms. The van der Waals surface area contributed by atoms with Gasteiger partial charge in [-0.05, 0) is 18.1 Å². The van der Waals surface area contributed by atoms with Crippen LogP contribution in [0.1, 0.15) is 11.1 Å². The van der Waals surface area contributed by atoms with Crippen LogP contribution in [0.2, 0.25) is 0 Å². The van der Waals surface area contributed by atoms with Crippen molar-refractivity contribution in [2.75, 3.05) is 0 Å². The number of benzene rings is 1. The zero-order valence-electron chi connectivity index (χ0n) is 14.3. The molecule has 1 N–H and O–H groups in total. The topological polar surface area (TPSA) is 90.9 Å². The van der Waals surface area contributed by atoms with Gasteiger partial charge in [-0.3, -0.25) is 14.2 Å². The molecule has 0 aliphatic heterocycles. The zero-order valence-corrected chi connectivity index (χ0v) is 14.3. The third-order valence-electron chi connectivity index (χ3n) is 4.24. The highest BCUT2D eigenvalue weighted by atomic mass is 16.2. The van der Waals surface area contributed by atoms with Crippen LogP contribution in [0.5, 0.6) is 0 Å². The van der Waals surface area contributed by atoms with Crippen molar-refractivity contribution in [2.45, 2.75) is 20.0 Å². The van der Waals surface area contributed by atoms with Gasteiger partial charge in [0.15, 0.2) is 11.2 Å². The summed E-state index contributed by atoms with van der Waals surface area (Å²) in [5.74, 6) is -0.399. The molecule has 25 heavy (non-hydrogen) atoms. The first kappa shape index (κ1) is 16.7. The van der Waals surface area contributed by atoms with Crippen molar-refractivity contribution in [1.82, 2.24) is 24.0 Å². The molecule has 8 nitrogen and oxygen atoms in total. The summed E-state index contributed by atoms with van der Waals surface area (Å²) < 4.78 is 3.74. The maximum absolute atomic E-state index is 12.6. The molecule has 130 valence electrons. The monoisotopic (exact) mass is 341 g/mol. The summed E-state index contributed by atoms with van der Waals surface area (Å²) in [5.41, 5.74) is 1.54. The summed E-state index contributed by atoms with van der Waals surface area (Å²) in [5, 5.41) is 2.75. The lowest BCUT2D eigenvalue weighted by atomic mass is 10.1. The number of hydrogen-bond acceptors (Lipinski definition) is 4. The number of fused-ring (bicyclic) bond motifs is 1. The average Bonchev–Trinajstić information content (AvgIpc) is 2.98. The molecule has 0 aliphatic rings. The molecular weight excluding hydrogens is 322 g/mol. The molecule has 3 rings (SSSR count). The van der Waals surface area contributed by atoms with Gasteiger partial charge in [-0.2, -0.15) is 0 Å². The van der Waals surface area contributed by atoms with Crippen LogP contribution in [-0.2, 0) is 32.0 Å². The van der Waals surface area contributed by atoms with Gasteiger partial charge in [0.2, 0.25) is 5.91 Å². The van der Waals surface area contributed by atoms with Crippen molar-refractivity contribution in [1.29, 1.82) is 0 Å². The molecule has 0 radical (unpaired) electrons. The number of imidazole rings is 1. The first-order valence-corrected chi connectivity index (χ1v) is 7.82. The largest absolute Gasteiger partial charge is 0.350 e. The molecule has 0 saturated heterocycles. The minimum absolute atomic E-state index is 0.286. The van der Waals surface area contributed by atoms with E-state index in [1.807, 2.05) is 31.2 Å². The summed E-state index contributed by atoms with van der Waals surface area (Å²) in [6, 6.07) is 7.69. The fraction of sp³-hybridized carbons (Fsp3) is 0.294. The lowest BCUT2D eigenvalue weighted by molar-refractivity contribution is -0.121. The van der Waals surface area contributed by atoms with Crippen LogP contribution in [0.15, 0.2) is 40.2 Å². The fourth-order valence-electron chi connectivity index (χ4n) is 2.74. The third kappa shape index (κ3) is 2.98. The predicted molar refractivity (Wildman–Crippen MR) is 93.2 cm³/mol. The fourth-order valence-corrected chi connectivity index (χ4v) is 2.74. The Balaban J connectivity index is 1.87. The molecule has 0 atom stereocenters. The third-order valence-corrected chi connectivity index (χ3v) is 4.24. The summed E-state index contributed by atoms with van der Waals surface area (Å²) in [6.45, 7) is 1.96. The molecule has 0 aliphatic carbocycles. The van der Waals surface area contributed by atoms with Crippen molar-refractivity contribution in [2.24, 2.45) is 14.1 Å². The van der Waals surface area contributed by atoms with Crippen molar-refractivity contribution in [3.05, 3.63) is 62.6 Å². The lowest BCUT2D eigenvalue weighted by Gasteiger charge is -2.10. The Labute approximate surface area is 143 Å². The zero-order chi connectivity index (χ0) is 18.1. The number of aromatic nitrogens is 4. The number of hydrogen-bond donors (Lipinski definition) is 1. The van der Waals surface area contributed by atoms with E-state index in [0.29, 0.717) is 12.2 Å². The van der Waals surface area contributed by atoms with Crippen molar-refractivity contribution in [3.63, 3.8) is 0 Å². The van der Waals surface area contributed by atoms with E-state index in [4.69, 9.17) is 0 Å². The van der Waals surface area contributed by atoms with Gasteiger partial charge in [0, 0.05) is 20.6 Å². The smallest absolute Gasteiger partial charge is 0.332 e. The van der Waals surface area contributed by atoms with Crippen molar-refractivity contribution in [3.8, 4) is 0 Å². The molecule has 2 heterocycles. The molecule has 1 aromatic carbocycles. The Morgan fingerprint density at radius 2 is 1.92 bits per heavy atom. The van der Waals surface area contributed by atoms with Crippen LogP contribution >= 0.6 is 0 Å². The van der Waals surface area contributed by atoms with Crippen LogP contribution in [0, 0.1) is 6.92 Å². The van der Waals surface area contributed by atoms with Crippen LogP contribution in [-0.4, -0.2) is 24.6 Å². The second-order valence-corrected chi connectivity index (χ2v) is 5.96. The predicted octanol–water partition coefficient (Wildman–Crippen LogP) is 0.0585. The van der Waals surface area contributed by atoms with Crippen molar-refractivity contribution >= 4 is 17.1 Å². The molecule has 0 fully saturated rings. The Hall–Kier alpha value is -3.16. The summed E-state index contributed by atoms with van der Waals surface area (Å²) in [4.78, 5) is 41.2. The second-order valence-electron chi connectivity index (χ2n) is 5.96. The van der Waals surface area contributed by atoms with Crippen molar-refractivity contribution < 1.29 is 4.79 Å². The van der Waals surface area contributed by atoms with Gasteiger partial charge in [0.05, 0.1) is 6.33 Å². The normalized spacial score (nSPS) is 11.0. The van der Waals surface area contributed by atoms with Gasteiger partial charge in [-0.15, -0.1) is 0 Å². The Morgan fingerprint density at radius 3 is 2.64 bits per heavy atom. The van der Waals surface area contributed by atoms with Gasteiger partial charge in [-0.1, -0.05) is 24.3 Å². The molecule has 1 amide bonds. The number of nitrogens with one attached hydrogen (secondary N) is 1. The summed E-state index contributed by atoms with van der Waals surface area (Å²) in [6.07, 6.45) is 1.47. The second kappa shape index (κ2) is 6.39. The van der Waals surface area contributed by atoms with Gasteiger partial charge in [0.25, 0.3) is 5.56 Å². The number of carbonyl (C=O) groups is 1. The van der Waals surface area contributed by atoms with E-state index in [-0.39, 0.29) is 12.1 Å². The number of aryl methyl sites for hydroxylation is 3. The van der Waals surface area contributed by atoms with Gasteiger partial charge in [-0.25, -0.2) is 14.3 Å². The maximum atomic E-state index is 12.6. The highest BCUT2D eigenvalue weighted by Gasteiger charge is 2.16. The number of rotatable bonds is 4. The van der Waals surface area contributed by atoms with E-state index in [2.05, 4.69) is 10.3 Å². The minimum Gasteiger partial charge on any atom is -0.350 e. The van der Waals surface area contributed by atoms with E-state index in [0.717, 1.165) is 15.7 Å². The molecular formula is C17H19N5O3. The number of amides is 1. The van der Waals surface area contributed by atoms with Gasteiger partial charge >= 0.3 is 5.69 Å². The van der Waals surface area contributed by atoms with E-state index in [9.17, 15) is 14.4 Å². The SMILES string of the molecule is Cc1ccccc1CNC(=O)Cn1c(=O)c2c(ncn2C)n(C)c1=O. The van der Waals surface area contributed by atoms with Gasteiger partial charge in [0.1, 0.15) is 6.54 Å². The first-order valence-electron chi connectivity index (χ1n) is 7.82. The quantitative estimate of drug-likeness (QED) is 0.726. The lowest BCUT2D eigenvalue weighted by Crippen LogP contribution is -2.43. The molecule has 0 saturated carbocycles.